The van der Waals surface area contributed by atoms with Crippen LogP contribution in [0.15, 0.2) is 48.5 Å². The molecule has 0 spiro atoms. The highest BCUT2D eigenvalue weighted by molar-refractivity contribution is 6.22. The second kappa shape index (κ2) is 9.76. The number of ether oxygens (including phenoxy) is 2. The van der Waals surface area contributed by atoms with Crippen LogP contribution in [0, 0.1) is 23.7 Å². The Morgan fingerprint density at radius 2 is 1.53 bits per heavy atom. The van der Waals surface area contributed by atoms with Crippen molar-refractivity contribution in [1.29, 1.82) is 0 Å². The molecular weight excluding hydrogens is 460 g/mol. The molecular formula is C28H30N2O6. The van der Waals surface area contributed by atoms with Crippen molar-refractivity contribution in [3.8, 4) is 11.5 Å². The van der Waals surface area contributed by atoms with E-state index in [9.17, 15) is 19.2 Å². The van der Waals surface area contributed by atoms with E-state index in [1.807, 2.05) is 6.92 Å². The molecule has 2 heterocycles. The summed E-state index contributed by atoms with van der Waals surface area (Å²) >= 11 is 0. The number of rotatable bonds is 6. The number of amides is 3. The molecule has 3 fully saturated rings. The first-order chi connectivity index (χ1) is 17.4. The predicted octanol–water partition coefficient (Wildman–Crippen LogP) is 3.97. The van der Waals surface area contributed by atoms with Crippen molar-refractivity contribution in [3.63, 3.8) is 0 Å². The Balaban J connectivity index is 1.21. The molecule has 0 unspecified atom stereocenters. The van der Waals surface area contributed by atoms with Crippen molar-refractivity contribution >= 4 is 35.1 Å². The third-order valence-electron chi connectivity index (χ3n) is 7.42. The molecule has 0 aromatic heterocycles. The van der Waals surface area contributed by atoms with E-state index in [-0.39, 0.29) is 42.5 Å². The van der Waals surface area contributed by atoms with Crippen molar-refractivity contribution in [1.82, 2.24) is 0 Å². The maximum absolute atomic E-state index is 12.9. The van der Waals surface area contributed by atoms with Crippen molar-refractivity contribution in [2.45, 2.75) is 39.5 Å². The summed E-state index contributed by atoms with van der Waals surface area (Å²) in [5.41, 5.74) is 1.20. The highest BCUT2D eigenvalue weighted by Crippen LogP contribution is 2.42. The van der Waals surface area contributed by atoms with Gasteiger partial charge in [0.05, 0.1) is 30.0 Å². The van der Waals surface area contributed by atoms with Crippen molar-refractivity contribution in [2.24, 2.45) is 23.7 Å². The van der Waals surface area contributed by atoms with Gasteiger partial charge < -0.3 is 14.4 Å². The van der Waals surface area contributed by atoms with Gasteiger partial charge >= 0.3 is 5.97 Å². The second-order valence-electron chi connectivity index (χ2n) is 9.89. The number of imide groups is 1. The fraction of sp³-hybridized carbons (Fsp3) is 0.429. The zero-order valence-electron chi connectivity index (χ0n) is 20.5. The largest absolute Gasteiger partial charge is 0.494 e. The average Bonchev–Trinajstić information content (AvgIpc) is 3.37. The molecule has 0 radical (unpaired) electrons. The summed E-state index contributed by atoms with van der Waals surface area (Å²) < 4.78 is 11.0. The molecule has 8 nitrogen and oxygen atoms in total. The van der Waals surface area contributed by atoms with Gasteiger partial charge in [-0.1, -0.05) is 6.92 Å². The highest BCUT2D eigenvalue weighted by atomic mass is 16.5. The van der Waals surface area contributed by atoms with Crippen molar-refractivity contribution in [2.75, 3.05) is 23.0 Å². The third kappa shape index (κ3) is 4.47. The highest BCUT2D eigenvalue weighted by Gasteiger charge is 2.50. The summed E-state index contributed by atoms with van der Waals surface area (Å²) in [5, 5.41) is 0. The van der Waals surface area contributed by atoms with Crippen molar-refractivity contribution in [3.05, 3.63) is 48.5 Å². The normalized spacial score (nSPS) is 25.8. The molecule has 0 N–H and O–H groups in total. The zero-order valence-corrected chi connectivity index (χ0v) is 20.5. The molecule has 0 bridgehead atoms. The molecule has 3 amide bonds. The Morgan fingerprint density at radius 1 is 0.889 bits per heavy atom. The Morgan fingerprint density at radius 3 is 2.22 bits per heavy atom. The van der Waals surface area contributed by atoms with Gasteiger partial charge in [0.2, 0.25) is 17.7 Å². The van der Waals surface area contributed by atoms with Crippen LogP contribution in [0.4, 0.5) is 11.4 Å². The summed E-state index contributed by atoms with van der Waals surface area (Å²) in [6.07, 6.45) is 2.52. The number of anilines is 2. The Bertz CT molecular complexity index is 1180. The van der Waals surface area contributed by atoms with Crippen LogP contribution in [0.1, 0.15) is 39.5 Å². The van der Waals surface area contributed by atoms with Gasteiger partial charge in [0.15, 0.2) is 0 Å². The summed E-state index contributed by atoms with van der Waals surface area (Å²) in [6.45, 7) is 4.82. The van der Waals surface area contributed by atoms with Crippen LogP contribution < -0.4 is 19.3 Å². The first-order valence-corrected chi connectivity index (χ1v) is 12.6. The van der Waals surface area contributed by atoms with E-state index >= 15 is 0 Å². The molecule has 5 rings (SSSR count). The molecule has 2 saturated heterocycles. The fourth-order valence-corrected chi connectivity index (χ4v) is 5.51. The number of carbonyl (C=O) groups excluding carboxylic acids is 4. The number of carbonyl (C=O) groups is 4. The number of esters is 1. The summed E-state index contributed by atoms with van der Waals surface area (Å²) in [6, 6.07) is 13.6. The molecule has 2 aromatic carbocycles. The molecule has 2 aliphatic heterocycles. The molecule has 3 aliphatic rings. The van der Waals surface area contributed by atoms with Gasteiger partial charge in [-0.2, -0.15) is 0 Å². The quantitative estimate of drug-likeness (QED) is 0.346. The van der Waals surface area contributed by atoms with E-state index in [4.69, 9.17) is 9.47 Å². The summed E-state index contributed by atoms with van der Waals surface area (Å²) in [4.78, 5) is 54.0. The maximum Gasteiger partial charge on any atom is 0.316 e. The van der Waals surface area contributed by atoms with Gasteiger partial charge in [0.25, 0.3) is 0 Å². The lowest BCUT2D eigenvalue weighted by atomic mass is 9.76. The number of benzene rings is 2. The first-order valence-electron chi connectivity index (χ1n) is 12.6. The first kappa shape index (κ1) is 24.0. The minimum absolute atomic E-state index is 0.0715. The van der Waals surface area contributed by atoms with E-state index < -0.39 is 11.9 Å². The van der Waals surface area contributed by atoms with Crippen LogP contribution in [0.25, 0.3) is 0 Å². The van der Waals surface area contributed by atoms with Crippen LogP contribution in [-0.4, -0.2) is 36.8 Å². The molecule has 188 valence electrons. The summed E-state index contributed by atoms with van der Waals surface area (Å²) in [7, 11) is 0. The lowest BCUT2D eigenvalue weighted by molar-refractivity contribution is -0.139. The molecule has 8 heteroatoms. The van der Waals surface area contributed by atoms with Crippen LogP contribution >= 0.6 is 0 Å². The number of hydrogen-bond acceptors (Lipinski definition) is 6. The zero-order chi connectivity index (χ0) is 25.4. The summed E-state index contributed by atoms with van der Waals surface area (Å²) in [5.74, 6) is -0.495. The molecule has 2 aromatic rings. The second-order valence-corrected chi connectivity index (χ2v) is 9.89. The van der Waals surface area contributed by atoms with Crippen LogP contribution in [0.3, 0.4) is 0 Å². The van der Waals surface area contributed by atoms with Gasteiger partial charge in [-0.25, -0.2) is 0 Å². The smallest absolute Gasteiger partial charge is 0.316 e. The molecule has 1 aliphatic carbocycles. The third-order valence-corrected chi connectivity index (χ3v) is 7.42. The predicted molar refractivity (Wildman–Crippen MR) is 133 cm³/mol. The fourth-order valence-electron chi connectivity index (χ4n) is 5.51. The Hall–Kier alpha value is -3.68. The lowest BCUT2D eigenvalue weighted by Gasteiger charge is -2.25. The van der Waals surface area contributed by atoms with Gasteiger partial charge in [-0.05, 0) is 80.6 Å². The Labute approximate surface area is 210 Å². The van der Waals surface area contributed by atoms with Crippen molar-refractivity contribution < 1.29 is 28.7 Å². The van der Waals surface area contributed by atoms with Gasteiger partial charge in [-0.3, -0.25) is 24.1 Å². The molecule has 1 saturated carbocycles. The topological polar surface area (TPSA) is 93.2 Å². The van der Waals surface area contributed by atoms with Crippen LogP contribution in [0.5, 0.6) is 11.5 Å². The minimum atomic E-state index is -0.587. The van der Waals surface area contributed by atoms with Crippen LogP contribution in [0.2, 0.25) is 0 Å². The van der Waals surface area contributed by atoms with E-state index in [2.05, 4.69) is 6.92 Å². The standard InChI is InChI=1S/C28H30N2O6/c1-3-35-21-9-5-19(6-10-21)29-16-18(15-25(29)31)28(34)36-22-11-7-20(8-12-22)30-26(32)23-13-4-17(2)14-24(23)27(30)33/h5-12,17-18,23-24H,3-4,13-16H2,1-2H3/t17-,18-,23+,24+/m1/s1. The van der Waals surface area contributed by atoms with Gasteiger partial charge in [-0.15, -0.1) is 0 Å². The van der Waals surface area contributed by atoms with E-state index in [1.54, 1.807) is 53.4 Å². The minimum Gasteiger partial charge on any atom is -0.494 e. The maximum atomic E-state index is 12.9. The number of fused-ring (bicyclic) bond motifs is 1. The van der Waals surface area contributed by atoms with Gasteiger partial charge in [0.1, 0.15) is 11.5 Å². The SMILES string of the molecule is CCOc1ccc(N2C[C@H](C(=O)Oc3ccc(N4C(=O)[C@H]5CC[C@@H](C)C[C@@H]5C4=O)cc3)CC2=O)cc1. The monoisotopic (exact) mass is 490 g/mol. The van der Waals surface area contributed by atoms with Gasteiger partial charge in [0, 0.05) is 18.7 Å². The van der Waals surface area contributed by atoms with Crippen LogP contribution in [-0.2, 0) is 19.2 Å². The van der Waals surface area contributed by atoms with E-state index in [1.165, 1.54) is 4.90 Å². The molecule has 4 atom stereocenters. The lowest BCUT2D eigenvalue weighted by Crippen LogP contribution is -2.30. The number of hydrogen-bond donors (Lipinski definition) is 0. The van der Waals surface area contributed by atoms with E-state index in [0.29, 0.717) is 29.6 Å². The van der Waals surface area contributed by atoms with E-state index in [0.717, 1.165) is 25.0 Å². The Kier molecular flexibility index (Phi) is 6.51. The average molecular weight is 491 g/mol. The molecule has 36 heavy (non-hydrogen) atoms. The number of nitrogens with zero attached hydrogens (tertiary/aromatic N) is 2.